The molecule has 0 saturated carbocycles. The van der Waals surface area contributed by atoms with Crippen LogP contribution >= 0.6 is 0 Å². The van der Waals surface area contributed by atoms with E-state index in [0.29, 0.717) is 22.7 Å². The number of nitrogens with zero attached hydrogens (tertiary/aromatic N) is 1. The number of aryl methyl sites for hydroxylation is 2. The molecule has 30 heavy (non-hydrogen) atoms. The van der Waals surface area contributed by atoms with Crippen molar-refractivity contribution in [2.24, 2.45) is 0 Å². The third-order valence-electron chi connectivity index (χ3n) is 4.63. The highest BCUT2D eigenvalue weighted by Crippen LogP contribution is 2.31. The van der Waals surface area contributed by atoms with E-state index in [1.54, 1.807) is 31.2 Å². The maximum atomic E-state index is 13.0. The van der Waals surface area contributed by atoms with E-state index in [1.165, 1.54) is 13.2 Å². The van der Waals surface area contributed by atoms with Crippen LogP contribution in [-0.2, 0) is 21.1 Å². The van der Waals surface area contributed by atoms with E-state index in [9.17, 15) is 13.2 Å². The Morgan fingerprint density at radius 2 is 1.97 bits per heavy atom. The van der Waals surface area contributed by atoms with Crippen LogP contribution in [0, 0.1) is 6.92 Å². The minimum absolute atomic E-state index is 0.0114. The average Bonchev–Trinajstić information content (AvgIpc) is 3.18. The maximum Gasteiger partial charge on any atom is 0.225 e. The van der Waals surface area contributed by atoms with E-state index in [0.717, 1.165) is 12.0 Å². The van der Waals surface area contributed by atoms with Gasteiger partial charge in [0.25, 0.3) is 0 Å². The molecule has 1 heterocycles. The minimum atomic E-state index is -3.77. The molecule has 3 aromatic rings. The first-order chi connectivity index (χ1) is 14.3. The molecule has 1 aromatic heterocycles. The van der Waals surface area contributed by atoms with Crippen molar-refractivity contribution in [1.82, 2.24) is 5.16 Å². The highest BCUT2D eigenvalue weighted by molar-refractivity contribution is 7.91. The largest absolute Gasteiger partial charge is 0.495 e. The molecule has 0 aliphatic rings. The second-order valence-corrected chi connectivity index (χ2v) is 8.95. The number of nitrogens with one attached hydrogen (secondary N) is 1. The Bertz CT molecular complexity index is 1150. The van der Waals surface area contributed by atoms with Crippen molar-refractivity contribution < 1.29 is 22.5 Å². The van der Waals surface area contributed by atoms with Gasteiger partial charge in [0, 0.05) is 23.7 Å². The van der Waals surface area contributed by atoms with Gasteiger partial charge in [-0.1, -0.05) is 24.2 Å². The van der Waals surface area contributed by atoms with Crippen LogP contribution in [0.2, 0.25) is 0 Å². The summed E-state index contributed by atoms with van der Waals surface area (Å²) in [6, 6.07) is 13.9. The van der Waals surface area contributed by atoms with E-state index in [1.807, 2.05) is 25.1 Å². The standard InChI is InChI=1S/C22H24N2O5S/c1-4-16-6-5-7-18(13-16)23-22(25)10-11-30(26,27)21-14-17(8-9-19(21)28-3)20-12-15(2)24-29-20/h5-9,12-14H,4,10-11H2,1-3H3,(H,23,25). The van der Waals surface area contributed by atoms with Crippen molar-refractivity contribution in [3.05, 3.63) is 59.8 Å². The monoisotopic (exact) mass is 428 g/mol. The average molecular weight is 429 g/mol. The van der Waals surface area contributed by atoms with Gasteiger partial charge in [-0.3, -0.25) is 4.79 Å². The number of carbonyl (C=O) groups is 1. The van der Waals surface area contributed by atoms with Crippen LogP contribution in [0.15, 0.2) is 57.9 Å². The summed E-state index contributed by atoms with van der Waals surface area (Å²) in [6.07, 6.45) is 0.673. The lowest BCUT2D eigenvalue weighted by Crippen LogP contribution is -2.18. The molecule has 3 rings (SSSR count). The maximum absolute atomic E-state index is 13.0. The summed E-state index contributed by atoms with van der Waals surface area (Å²) >= 11 is 0. The summed E-state index contributed by atoms with van der Waals surface area (Å²) in [5, 5.41) is 6.58. The highest BCUT2D eigenvalue weighted by Gasteiger charge is 2.22. The predicted molar refractivity (Wildman–Crippen MR) is 114 cm³/mol. The Balaban J connectivity index is 1.76. The first kappa shape index (κ1) is 21.6. The number of rotatable bonds is 8. The molecule has 1 amide bonds. The van der Waals surface area contributed by atoms with Crippen molar-refractivity contribution in [3.63, 3.8) is 0 Å². The number of methoxy groups -OCH3 is 1. The SMILES string of the molecule is CCc1cccc(NC(=O)CCS(=O)(=O)c2cc(-c3cc(C)no3)ccc2OC)c1. The molecular weight excluding hydrogens is 404 g/mol. The van der Waals surface area contributed by atoms with E-state index < -0.39 is 9.84 Å². The number of anilines is 1. The quantitative estimate of drug-likeness (QED) is 0.582. The molecule has 7 nitrogen and oxygen atoms in total. The van der Waals surface area contributed by atoms with Gasteiger partial charge in [0.2, 0.25) is 5.91 Å². The molecule has 8 heteroatoms. The summed E-state index contributed by atoms with van der Waals surface area (Å²) < 4.78 is 36.4. The minimum Gasteiger partial charge on any atom is -0.495 e. The molecule has 1 N–H and O–H groups in total. The fraction of sp³-hybridized carbons (Fsp3) is 0.273. The zero-order valence-corrected chi connectivity index (χ0v) is 18.0. The molecule has 0 aliphatic heterocycles. The third-order valence-corrected chi connectivity index (χ3v) is 6.36. The van der Waals surface area contributed by atoms with Crippen LogP contribution < -0.4 is 10.1 Å². The highest BCUT2D eigenvalue weighted by atomic mass is 32.2. The topological polar surface area (TPSA) is 98.5 Å². The van der Waals surface area contributed by atoms with Crippen molar-refractivity contribution >= 4 is 21.4 Å². The number of aromatic nitrogens is 1. The number of amides is 1. The summed E-state index contributed by atoms with van der Waals surface area (Å²) in [5.41, 5.74) is 2.99. The lowest BCUT2D eigenvalue weighted by Gasteiger charge is -2.11. The zero-order valence-electron chi connectivity index (χ0n) is 17.1. The lowest BCUT2D eigenvalue weighted by atomic mass is 10.1. The lowest BCUT2D eigenvalue weighted by molar-refractivity contribution is -0.115. The molecular formula is C22H24N2O5S. The molecule has 0 aliphatic carbocycles. The smallest absolute Gasteiger partial charge is 0.225 e. The van der Waals surface area contributed by atoms with Crippen molar-refractivity contribution in [2.75, 3.05) is 18.2 Å². The third kappa shape index (κ3) is 5.07. The summed E-state index contributed by atoms with van der Waals surface area (Å²) in [6.45, 7) is 3.80. The molecule has 0 spiro atoms. The van der Waals surface area contributed by atoms with Crippen LogP contribution in [0.25, 0.3) is 11.3 Å². The molecule has 0 fully saturated rings. The zero-order chi connectivity index (χ0) is 21.7. The van der Waals surface area contributed by atoms with Crippen molar-refractivity contribution in [1.29, 1.82) is 0 Å². The molecule has 158 valence electrons. The van der Waals surface area contributed by atoms with Gasteiger partial charge in [0.15, 0.2) is 15.6 Å². The van der Waals surface area contributed by atoms with Gasteiger partial charge in [0.05, 0.1) is 18.6 Å². The Kier molecular flexibility index (Phi) is 6.56. The van der Waals surface area contributed by atoms with Gasteiger partial charge in [0.1, 0.15) is 10.6 Å². The van der Waals surface area contributed by atoms with E-state index in [-0.39, 0.29) is 28.7 Å². The Hall–Kier alpha value is -3.13. The number of carbonyl (C=O) groups excluding carboxylic acids is 1. The fourth-order valence-corrected chi connectivity index (χ4v) is 4.44. The Morgan fingerprint density at radius 3 is 2.63 bits per heavy atom. The summed E-state index contributed by atoms with van der Waals surface area (Å²) in [7, 11) is -2.37. The Labute approximate surface area is 176 Å². The second-order valence-electron chi connectivity index (χ2n) is 6.87. The van der Waals surface area contributed by atoms with Crippen LogP contribution in [0.5, 0.6) is 5.75 Å². The summed E-state index contributed by atoms with van der Waals surface area (Å²) in [4.78, 5) is 12.3. The molecule has 0 unspecified atom stereocenters. The fourth-order valence-electron chi connectivity index (χ4n) is 3.00. The van der Waals surface area contributed by atoms with Crippen LogP contribution in [-0.4, -0.2) is 32.3 Å². The number of benzene rings is 2. The first-order valence-corrected chi connectivity index (χ1v) is 11.2. The van der Waals surface area contributed by atoms with Crippen molar-refractivity contribution in [2.45, 2.75) is 31.6 Å². The van der Waals surface area contributed by atoms with Gasteiger partial charge in [-0.05, 0) is 49.2 Å². The Morgan fingerprint density at radius 1 is 1.17 bits per heavy atom. The van der Waals surface area contributed by atoms with Gasteiger partial charge < -0.3 is 14.6 Å². The van der Waals surface area contributed by atoms with E-state index in [4.69, 9.17) is 9.26 Å². The van der Waals surface area contributed by atoms with Gasteiger partial charge in [-0.15, -0.1) is 0 Å². The van der Waals surface area contributed by atoms with Gasteiger partial charge in [-0.25, -0.2) is 8.42 Å². The molecule has 2 aromatic carbocycles. The van der Waals surface area contributed by atoms with Gasteiger partial charge >= 0.3 is 0 Å². The van der Waals surface area contributed by atoms with E-state index in [2.05, 4.69) is 10.5 Å². The molecule has 0 atom stereocenters. The summed E-state index contributed by atoms with van der Waals surface area (Å²) in [5.74, 6) is -0.0411. The number of ether oxygens (including phenoxy) is 1. The van der Waals surface area contributed by atoms with Crippen LogP contribution in [0.1, 0.15) is 24.6 Å². The predicted octanol–water partition coefficient (Wildman–Crippen LogP) is 4.02. The molecule has 0 saturated heterocycles. The normalized spacial score (nSPS) is 11.3. The second kappa shape index (κ2) is 9.13. The molecule has 0 radical (unpaired) electrons. The first-order valence-electron chi connectivity index (χ1n) is 9.55. The number of sulfone groups is 1. The van der Waals surface area contributed by atoms with Crippen LogP contribution in [0.4, 0.5) is 5.69 Å². The van der Waals surface area contributed by atoms with E-state index >= 15 is 0 Å². The van der Waals surface area contributed by atoms with Gasteiger partial charge in [-0.2, -0.15) is 0 Å². The van der Waals surface area contributed by atoms with Crippen molar-refractivity contribution in [3.8, 4) is 17.1 Å². The molecule has 0 bridgehead atoms. The number of hydrogen-bond acceptors (Lipinski definition) is 6. The van der Waals surface area contributed by atoms with Crippen LogP contribution in [0.3, 0.4) is 0 Å². The number of hydrogen-bond donors (Lipinski definition) is 1.